The molecule has 1 aromatic rings. The van der Waals surface area contributed by atoms with E-state index in [0.717, 1.165) is 34.9 Å². The number of anilines is 1. The van der Waals surface area contributed by atoms with Crippen molar-refractivity contribution in [2.45, 2.75) is 32.1 Å². The minimum atomic E-state index is -0.176. The molecule has 122 valence electrons. The van der Waals surface area contributed by atoms with Crippen molar-refractivity contribution >= 4 is 46.0 Å². The summed E-state index contributed by atoms with van der Waals surface area (Å²) in [7, 11) is 0. The molecule has 1 saturated heterocycles. The molecule has 23 heavy (non-hydrogen) atoms. The number of imide groups is 1. The molecule has 2 fully saturated rings. The van der Waals surface area contributed by atoms with Crippen molar-refractivity contribution in [1.82, 2.24) is 4.90 Å². The number of hydrogen-bond acceptors (Lipinski definition) is 3. The quantitative estimate of drug-likeness (QED) is 0.595. The molecule has 1 N–H and O–H groups in total. The zero-order valence-electron chi connectivity index (χ0n) is 12.8. The normalized spacial score (nSPS) is 23.8. The lowest BCUT2D eigenvalue weighted by Crippen LogP contribution is -2.34. The lowest BCUT2D eigenvalue weighted by molar-refractivity contribution is -0.140. The number of rotatable bonds is 4. The molecule has 0 radical (unpaired) electrons. The maximum Gasteiger partial charge on any atom is 0.233 e. The van der Waals surface area contributed by atoms with Gasteiger partial charge in [-0.2, -0.15) is 0 Å². The molecule has 2 atom stereocenters. The second-order valence-corrected chi connectivity index (χ2v) is 7.27. The number of para-hydroxylation sites is 1. The van der Waals surface area contributed by atoms with Crippen LogP contribution < -0.4 is 5.32 Å². The number of halogens is 1. The molecule has 1 saturated carbocycles. The maximum absolute atomic E-state index is 12.3. The Balaban J connectivity index is 1.58. The van der Waals surface area contributed by atoms with Crippen LogP contribution in [0.4, 0.5) is 5.69 Å². The highest BCUT2D eigenvalue weighted by atomic mass is 127. The van der Waals surface area contributed by atoms with Gasteiger partial charge in [0.1, 0.15) is 0 Å². The number of fused-ring (bicyclic) bond motifs is 1. The van der Waals surface area contributed by atoms with E-state index in [0.29, 0.717) is 0 Å². The Bertz CT molecular complexity index is 622. The van der Waals surface area contributed by atoms with Gasteiger partial charge in [-0.3, -0.25) is 19.3 Å². The number of nitrogens with one attached hydrogen (secondary N) is 1. The fourth-order valence-electron chi connectivity index (χ4n) is 3.44. The van der Waals surface area contributed by atoms with Crippen LogP contribution in [0.15, 0.2) is 24.3 Å². The minimum absolute atomic E-state index is 0.0817. The van der Waals surface area contributed by atoms with E-state index in [4.69, 9.17) is 0 Å². The highest BCUT2D eigenvalue weighted by Crippen LogP contribution is 2.37. The lowest BCUT2D eigenvalue weighted by atomic mass is 9.81. The summed E-state index contributed by atoms with van der Waals surface area (Å²) in [5, 5.41) is 2.83. The Kier molecular flexibility index (Phi) is 4.99. The van der Waals surface area contributed by atoms with Crippen molar-refractivity contribution in [3.05, 3.63) is 27.8 Å². The molecule has 5 nitrogen and oxygen atoms in total. The first-order valence-electron chi connectivity index (χ1n) is 7.97. The van der Waals surface area contributed by atoms with Gasteiger partial charge < -0.3 is 5.32 Å². The number of carbonyl (C=O) groups excluding carboxylic acids is 3. The van der Waals surface area contributed by atoms with Gasteiger partial charge in [0.2, 0.25) is 17.7 Å². The van der Waals surface area contributed by atoms with Gasteiger partial charge >= 0.3 is 0 Å². The van der Waals surface area contributed by atoms with Gasteiger partial charge in [0.05, 0.1) is 17.5 Å². The van der Waals surface area contributed by atoms with Crippen molar-refractivity contribution in [3.8, 4) is 0 Å². The van der Waals surface area contributed by atoms with E-state index in [1.54, 1.807) is 0 Å². The van der Waals surface area contributed by atoms with Crippen LogP contribution in [0.25, 0.3) is 0 Å². The Morgan fingerprint density at radius 3 is 2.35 bits per heavy atom. The van der Waals surface area contributed by atoms with E-state index in [1.807, 2.05) is 24.3 Å². The maximum atomic E-state index is 12.3. The van der Waals surface area contributed by atoms with Gasteiger partial charge in [0.25, 0.3) is 0 Å². The van der Waals surface area contributed by atoms with Crippen molar-refractivity contribution in [2.24, 2.45) is 11.8 Å². The van der Waals surface area contributed by atoms with Gasteiger partial charge in [0.15, 0.2) is 0 Å². The Morgan fingerprint density at radius 2 is 1.74 bits per heavy atom. The van der Waals surface area contributed by atoms with Crippen molar-refractivity contribution < 1.29 is 14.4 Å². The molecule has 1 aromatic carbocycles. The van der Waals surface area contributed by atoms with Crippen LogP contribution in [0, 0.1) is 15.4 Å². The second kappa shape index (κ2) is 6.98. The molecule has 3 rings (SSSR count). The van der Waals surface area contributed by atoms with Gasteiger partial charge in [-0.15, -0.1) is 0 Å². The number of carbonyl (C=O) groups is 3. The smallest absolute Gasteiger partial charge is 0.233 e. The molecule has 1 heterocycles. The SMILES string of the molecule is O=C(CCN1C(=O)[C@@H]2CCCC[C@H]2C1=O)Nc1ccccc1I. The van der Waals surface area contributed by atoms with E-state index < -0.39 is 0 Å². The molecule has 0 aromatic heterocycles. The van der Waals surface area contributed by atoms with Crippen LogP contribution in [0.1, 0.15) is 32.1 Å². The van der Waals surface area contributed by atoms with Gasteiger partial charge in [-0.25, -0.2) is 0 Å². The fourth-order valence-corrected chi connectivity index (χ4v) is 3.96. The first-order valence-corrected chi connectivity index (χ1v) is 9.05. The zero-order chi connectivity index (χ0) is 16.4. The summed E-state index contributed by atoms with van der Waals surface area (Å²) in [5.41, 5.74) is 0.755. The number of nitrogens with zero attached hydrogens (tertiary/aromatic N) is 1. The van der Waals surface area contributed by atoms with Crippen LogP contribution >= 0.6 is 22.6 Å². The van der Waals surface area contributed by atoms with E-state index in [-0.39, 0.29) is 42.5 Å². The number of amides is 3. The monoisotopic (exact) mass is 426 g/mol. The first-order chi connectivity index (χ1) is 11.1. The lowest BCUT2D eigenvalue weighted by Gasteiger charge is -2.19. The summed E-state index contributed by atoms with van der Waals surface area (Å²) < 4.78 is 0.956. The van der Waals surface area contributed by atoms with E-state index in [1.165, 1.54) is 4.90 Å². The number of likely N-dealkylation sites (tertiary alicyclic amines) is 1. The van der Waals surface area contributed by atoms with Gasteiger partial charge in [-0.05, 0) is 47.6 Å². The molecular weight excluding hydrogens is 407 g/mol. The summed E-state index contributed by atoms with van der Waals surface area (Å²) in [5.74, 6) is -0.628. The summed E-state index contributed by atoms with van der Waals surface area (Å²) >= 11 is 2.16. The molecule has 0 unspecified atom stereocenters. The molecule has 6 heteroatoms. The van der Waals surface area contributed by atoms with E-state index in [2.05, 4.69) is 27.9 Å². The molecule has 2 aliphatic rings. The zero-order valence-corrected chi connectivity index (χ0v) is 14.9. The third-order valence-electron chi connectivity index (χ3n) is 4.64. The molecule has 1 aliphatic heterocycles. The topological polar surface area (TPSA) is 66.5 Å². The van der Waals surface area contributed by atoms with Crippen LogP contribution in [0.3, 0.4) is 0 Å². The Labute approximate surface area is 148 Å². The molecular formula is C17H19IN2O3. The first kappa shape index (κ1) is 16.4. The van der Waals surface area contributed by atoms with E-state index >= 15 is 0 Å². The molecule has 0 spiro atoms. The standard InChI is InChI=1S/C17H19IN2O3/c18-13-7-3-4-8-14(13)19-15(21)9-10-20-16(22)11-5-1-2-6-12(11)17(20)23/h3-4,7-8,11-12H,1-2,5-6,9-10H2,(H,19,21)/t11-,12-/m1/s1. The van der Waals surface area contributed by atoms with Gasteiger partial charge in [-0.1, -0.05) is 25.0 Å². The highest BCUT2D eigenvalue weighted by Gasteiger charge is 2.47. The molecule has 1 aliphatic carbocycles. The van der Waals surface area contributed by atoms with Crippen LogP contribution in [0.5, 0.6) is 0 Å². The summed E-state index contributed by atoms with van der Waals surface area (Å²) in [4.78, 5) is 38.1. The van der Waals surface area contributed by atoms with Crippen LogP contribution in [-0.4, -0.2) is 29.2 Å². The highest BCUT2D eigenvalue weighted by molar-refractivity contribution is 14.1. The third-order valence-corrected chi connectivity index (χ3v) is 5.58. The predicted octanol–water partition coefficient (Wildman–Crippen LogP) is 2.80. The van der Waals surface area contributed by atoms with Crippen molar-refractivity contribution in [1.29, 1.82) is 0 Å². The average Bonchev–Trinajstić information content (AvgIpc) is 2.80. The number of benzene rings is 1. The average molecular weight is 426 g/mol. The predicted molar refractivity (Wildman–Crippen MR) is 94.6 cm³/mol. The summed E-state index contributed by atoms with van der Waals surface area (Å²) in [6.07, 6.45) is 3.78. The van der Waals surface area contributed by atoms with Crippen molar-refractivity contribution in [3.63, 3.8) is 0 Å². The number of hydrogen-bond donors (Lipinski definition) is 1. The molecule has 0 bridgehead atoms. The van der Waals surface area contributed by atoms with Crippen LogP contribution in [0.2, 0.25) is 0 Å². The fraction of sp³-hybridized carbons (Fsp3) is 0.471. The van der Waals surface area contributed by atoms with Crippen molar-refractivity contribution in [2.75, 3.05) is 11.9 Å². The third kappa shape index (κ3) is 3.41. The largest absolute Gasteiger partial charge is 0.325 e. The Morgan fingerprint density at radius 1 is 1.13 bits per heavy atom. The Hall–Kier alpha value is -1.44. The van der Waals surface area contributed by atoms with E-state index in [9.17, 15) is 14.4 Å². The molecule has 3 amide bonds. The van der Waals surface area contributed by atoms with Crippen LogP contribution in [-0.2, 0) is 14.4 Å². The summed E-state index contributed by atoms with van der Waals surface area (Å²) in [6.45, 7) is 0.180. The minimum Gasteiger partial charge on any atom is -0.325 e. The van der Waals surface area contributed by atoms with Gasteiger partial charge in [0, 0.05) is 16.5 Å². The second-order valence-electron chi connectivity index (χ2n) is 6.10. The summed E-state index contributed by atoms with van der Waals surface area (Å²) in [6, 6.07) is 7.51.